The van der Waals surface area contributed by atoms with Gasteiger partial charge in [-0.3, -0.25) is 4.98 Å². The molecule has 3 nitrogen and oxygen atoms in total. The minimum Gasteiger partial charge on any atom is -0.507 e. The van der Waals surface area contributed by atoms with E-state index in [1.165, 1.54) is 0 Å². The Balaban J connectivity index is 2.38. The fourth-order valence-electron chi connectivity index (χ4n) is 2.31. The number of pyridine rings is 1. The van der Waals surface area contributed by atoms with Crippen LogP contribution in [0.15, 0.2) is 48.7 Å². The van der Waals surface area contributed by atoms with Crippen LogP contribution in [0.3, 0.4) is 0 Å². The van der Waals surface area contributed by atoms with Crippen LogP contribution in [-0.4, -0.2) is 15.2 Å². The Kier molecular flexibility index (Phi) is 2.60. The smallest absolute Gasteiger partial charge is 0.149 e. The second-order valence-electron chi connectivity index (χ2n) is 4.51. The maximum absolute atomic E-state index is 10.4. The number of aryl methyl sites for hydroxylation is 1. The summed E-state index contributed by atoms with van der Waals surface area (Å²) in [6.07, 6.45) is 1.65. The Hall–Kier alpha value is -2.55. The van der Waals surface area contributed by atoms with Gasteiger partial charge in [0.15, 0.2) is 0 Å². The predicted octanol–water partition coefficient (Wildman–Crippen LogP) is 3.62. The van der Waals surface area contributed by atoms with E-state index < -0.39 is 0 Å². The van der Waals surface area contributed by atoms with E-state index >= 15 is 0 Å². The van der Waals surface area contributed by atoms with Crippen LogP contribution in [0.25, 0.3) is 22.0 Å². The molecule has 0 radical (unpaired) electrons. The molecular weight excluding hydrogens is 238 g/mol. The van der Waals surface area contributed by atoms with Crippen molar-refractivity contribution in [3.8, 4) is 22.6 Å². The van der Waals surface area contributed by atoms with Gasteiger partial charge in [-0.1, -0.05) is 24.3 Å². The van der Waals surface area contributed by atoms with Gasteiger partial charge >= 0.3 is 0 Å². The van der Waals surface area contributed by atoms with E-state index in [1.54, 1.807) is 24.4 Å². The number of nitrogens with zero attached hydrogens (tertiary/aromatic N) is 1. The van der Waals surface area contributed by atoms with Crippen LogP contribution in [0.4, 0.5) is 0 Å². The first kappa shape index (κ1) is 11.5. The molecule has 0 saturated carbocycles. The van der Waals surface area contributed by atoms with Gasteiger partial charge in [0, 0.05) is 22.7 Å². The summed E-state index contributed by atoms with van der Waals surface area (Å²) in [6.45, 7) is 1.97. The lowest BCUT2D eigenvalue weighted by Gasteiger charge is -2.11. The Morgan fingerprint density at radius 3 is 2.53 bits per heavy atom. The Labute approximate surface area is 110 Å². The topological polar surface area (TPSA) is 53.4 Å². The van der Waals surface area contributed by atoms with Gasteiger partial charge in [0.05, 0.1) is 0 Å². The van der Waals surface area contributed by atoms with Crippen LogP contribution in [0.1, 0.15) is 5.56 Å². The zero-order valence-electron chi connectivity index (χ0n) is 10.5. The molecule has 0 atom stereocenters. The number of aromatic hydroxyl groups is 2. The van der Waals surface area contributed by atoms with Gasteiger partial charge in [-0.05, 0) is 30.7 Å². The van der Waals surface area contributed by atoms with E-state index in [0.717, 1.165) is 10.9 Å². The van der Waals surface area contributed by atoms with Crippen LogP contribution in [0.2, 0.25) is 0 Å². The van der Waals surface area contributed by atoms with Crippen molar-refractivity contribution in [2.75, 3.05) is 0 Å². The number of phenols is 2. The minimum absolute atomic E-state index is 0.0997. The average Bonchev–Trinajstić information content (AvgIpc) is 2.44. The Bertz CT molecular complexity index is 766. The molecule has 1 aromatic heterocycles. The quantitative estimate of drug-likeness (QED) is 0.694. The van der Waals surface area contributed by atoms with Crippen LogP contribution >= 0.6 is 0 Å². The second-order valence-corrected chi connectivity index (χ2v) is 4.51. The number of hydrogen-bond donors (Lipinski definition) is 2. The number of phenolic OH excluding ortho intramolecular Hbond substituents is 2. The summed E-state index contributed by atoms with van der Waals surface area (Å²) in [5, 5.41) is 21.2. The molecule has 1 heterocycles. The Morgan fingerprint density at radius 2 is 1.74 bits per heavy atom. The minimum atomic E-state index is 0.0997. The van der Waals surface area contributed by atoms with Gasteiger partial charge in [0.1, 0.15) is 17.0 Å². The molecule has 0 amide bonds. The molecule has 0 aliphatic rings. The molecule has 0 aliphatic heterocycles. The van der Waals surface area contributed by atoms with Crippen LogP contribution < -0.4 is 0 Å². The summed E-state index contributed by atoms with van der Waals surface area (Å²) in [5.74, 6) is 0.246. The van der Waals surface area contributed by atoms with Gasteiger partial charge < -0.3 is 10.2 Å². The molecule has 0 spiro atoms. The highest BCUT2D eigenvalue weighted by Crippen LogP contribution is 2.39. The fraction of sp³-hybridized carbons (Fsp3) is 0.0625. The molecule has 2 aromatic carbocycles. The number of benzene rings is 2. The lowest BCUT2D eigenvalue weighted by molar-refractivity contribution is 0.471. The SMILES string of the molecule is Cc1cc(-c2ccccc2O)c(O)c2ncccc12. The third-order valence-corrected chi connectivity index (χ3v) is 3.27. The summed E-state index contributed by atoms with van der Waals surface area (Å²) >= 11 is 0. The molecule has 2 N–H and O–H groups in total. The van der Waals surface area contributed by atoms with E-state index in [0.29, 0.717) is 16.6 Å². The summed E-state index contributed by atoms with van der Waals surface area (Å²) in [7, 11) is 0. The summed E-state index contributed by atoms with van der Waals surface area (Å²) < 4.78 is 0. The van der Waals surface area contributed by atoms with E-state index in [9.17, 15) is 10.2 Å². The molecule has 0 aliphatic carbocycles. The van der Waals surface area contributed by atoms with Gasteiger partial charge in [-0.15, -0.1) is 0 Å². The number of fused-ring (bicyclic) bond motifs is 1. The van der Waals surface area contributed by atoms with Crippen molar-refractivity contribution in [1.82, 2.24) is 4.98 Å². The van der Waals surface area contributed by atoms with Gasteiger partial charge in [-0.2, -0.15) is 0 Å². The molecular formula is C16H13NO2. The second kappa shape index (κ2) is 4.28. The third-order valence-electron chi connectivity index (χ3n) is 3.27. The molecule has 0 bridgehead atoms. The van der Waals surface area contributed by atoms with Gasteiger partial charge in [0.25, 0.3) is 0 Å². The molecule has 19 heavy (non-hydrogen) atoms. The predicted molar refractivity (Wildman–Crippen MR) is 75.2 cm³/mol. The van der Waals surface area contributed by atoms with Crippen molar-refractivity contribution in [2.24, 2.45) is 0 Å². The molecule has 3 heteroatoms. The summed E-state index contributed by atoms with van der Waals surface area (Å²) in [4.78, 5) is 4.23. The van der Waals surface area contributed by atoms with E-state index in [1.807, 2.05) is 31.2 Å². The largest absolute Gasteiger partial charge is 0.507 e. The van der Waals surface area contributed by atoms with E-state index in [2.05, 4.69) is 4.98 Å². The van der Waals surface area contributed by atoms with Crippen LogP contribution in [-0.2, 0) is 0 Å². The standard InChI is InChI=1S/C16H13NO2/c1-10-9-13(12-5-2-3-7-14(12)18)16(19)15-11(10)6-4-8-17-15/h2-9,18-19H,1H3. The number of para-hydroxylation sites is 1. The number of hydrogen-bond acceptors (Lipinski definition) is 3. The van der Waals surface area contributed by atoms with Crippen molar-refractivity contribution < 1.29 is 10.2 Å². The monoisotopic (exact) mass is 251 g/mol. The normalized spacial score (nSPS) is 10.8. The highest BCUT2D eigenvalue weighted by molar-refractivity contribution is 5.95. The molecule has 0 fully saturated rings. The van der Waals surface area contributed by atoms with Crippen molar-refractivity contribution in [3.05, 3.63) is 54.2 Å². The fourth-order valence-corrected chi connectivity index (χ4v) is 2.31. The van der Waals surface area contributed by atoms with Crippen LogP contribution in [0.5, 0.6) is 11.5 Å². The van der Waals surface area contributed by atoms with Gasteiger partial charge in [0.2, 0.25) is 0 Å². The van der Waals surface area contributed by atoms with Crippen LogP contribution in [0, 0.1) is 6.92 Å². The highest BCUT2D eigenvalue weighted by Gasteiger charge is 2.14. The van der Waals surface area contributed by atoms with Crippen molar-refractivity contribution >= 4 is 10.9 Å². The molecule has 3 aromatic rings. The maximum Gasteiger partial charge on any atom is 0.149 e. The number of rotatable bonds is 1. The van der Waals surface area contributed by atoms with E-state index in [4.69, 9.17) is 0 Å². The molecule has 0 unspecified atom stereocenters. The average molecular weight is 251 g/mol. The lowest BCUT2D eigenvalue weighted by atomic mass is 9.98. The number of aromatic nitrogens is 1. The lowest BCUT2D eigenvalue weighted by Crippen LogP contribution is -1.88. The van der Waals surface area contributed by atoms with Crippen molar-refractivity contribution in [3.63, 3.8) is 0 Å². The zero-order chi connectivity index (χ0) is 13.4. The molecule has 3 rings (SSSR count). The Morgan fingerprint density at radius 1 is 0.947 bits per heavy atom. The summed E-state index contributed by atoms with van der Waals surface area (Å²) in [5.41, 5.74) is 2.78. The first-order valence-corrected chi connectivity index (χ1v) is 6.04. The highest BCUT2D eigenvalue weighted by atomic mass is 16.3. The summed E-state index contributed by atoms with van der Waals surface area (Å²) in [6, 6.07) is 12.6. The van der Waals surface area contributed by atoms with Gasteiger partial charge in [-0.25, -0.2) is 0 Å². The zero-order valence-corrected chi connectivity index (χ0v) is 10.5. The first-order valence-electron chi connectivity index (χ1n) is 6.04. The molecule has 94 valence electrons. The first-order chi connectivity index (χ1) is 9.18. The molecule has 0 saturated heterocycles. The third kappa shape index (κ3) is 1.80. The van der Waals surface area contributed by atoms with Crippen molar-refractivity contribution in [1.29, 1.82) is 0 Å². The maximum atomic E-state index is 10.4. The van der Waals surface area contributed by atoms with E-state index in [-0.39, 0.29) is 11.5 Å². The van der Waals surface area contributed by atoms with Crippen molar-refractivity contribution in [2.45, 2.75) is 6.92 Å².